The standard InChI is InChI=1S/3C7H6O5.C3H7.Fe/c3*8-4-1-3(7(11)12)2-5(9)6(4)10;1-3-2;/h3*1-2,8-10H,(H,11,12);1,3H2,2H3;/q;;;;+3/p-3. The van der Waals surface area contributed by atoms with Crippen molar-refractivity contribution in [1.82, 2.24) is 0 Å². The fourth-order valence-electron chi connectivity index (χ4n) is 2.17. The van der Waals surface area contributed by atoms with Crippen LogP contribution in [0.25, 0.3) is 0 Å². The predicted molar refractivity (Wildman–Crippen MR) is 122 cm³/mol. The maximum Gasteiger partial charge on any atom is 0.200 e. The number of rotatable bonds is 4. The Kier molecular flexibility index (Phi) is 13.8. The third-order valence-corrected chi connectivity index (χ3v) is 4.65. The molecule has 3 aromatic carbocycles. The van der Waals surface area contributed by atoms with Crippen molar-refractivity contribution < 1.29 is 91.7 Å². The molecule has 3 rings (SSSR count). The minimum Gasteiger partial charge on any atom is -0.545 e. The molecule has 40 heavy (non-hydrogen) atoms. The van der Waals surface area contributed by atoms with Gasteiger partial charge in [0.1, 0.15) is 0 Å². The molecule has 0 saturated heterocycles. The van der Waals surface area contributed by atoms with Gasteiger partial charge in [-0.2, -0.15) is 0 Å². The average molecular weight is 606 g/mol. The summed E-state index contributed by atoms with van der Waals surface area (Å²) in [6, 6.07) is 4.69. The molecular weight excluding hydrogens is 584 g/mol. The Hall–Kier alpha value is -5.21. The van der Waals surface area contributed by atoms with E-state index in [1.54, 1.807) is 0 Å². The minimum absolute atomic E-state index is 0.400. The Morgan fingerprint density at radius 2 is 0.675 bits per heavy atom. The summed E-state index contributed by atoms with van der Waals surface area (Å²) in [6.07, 6.45) is 1.21. The van der Waals surface area contributed by atoms with Crippen LogP contribution in [0.1, 0.15) is 44.4 Å². The molecule has 0 saturated carbocycles. The van der Waals surface area contributed by atoms with Gasteiger partial charge in [-0.3, -0.25) is 0 Å². The van der Waals surface area contributed by atoms with Crippen molar-refractivity contribution in [3.05, 3.63) is 53.1 Å². The van der Waals surface area contributed by atoms with E-state index in [2.05, 4.69) is 22.9 Å². The molecule has 0 bridgehead atoms. The first-order chi connectivity index (χ1) is 18.5. The molecule has 0 amide bonds. The van der Waals surface area contributed by atoms with E-state index in [9.17, 15) is 29.7 Å². The summed E-state index contributed by atoms with van der Waals surface area (Å²) in [7, 11) is 0. The molecule has 0 aliphatic rings. The van der Waals surface area contributed by atoms with Gasteiger partial charge in [0.05, 0.1) is 17.9 Å². The Morgan fingerprint density at radius 3 is 0.775 bits per heavy atom. The number of hydrogen-bond donors (Lipinski definition) is 9. The van der Waals surface area contributed by atoms with Crippen LogP contribution in [0.5, 0.6) is 51.7 Å². The van der Waals surface area contributed by atoms with Crippen molar-refractivity contribution in [2.75, 3.05) is 0 Å². The molecule has 3 aromatic rings. The Morgan fingerprint density at radius 1 is 0.525 bits per heavy atom. The van der Waals surface area contributed by atoms with Crippen molar-refractivity contribution in [1.29, 1.82) is 0 Å². The van der Waals surface area contributed by atoms with Crippen LogP contribution in [0.2, 0.25) is 5.32 Å². The first-order valence-electron chi connectivity index (χ1n) is 10.4. The summed E-state index contributed by atoms with van der Waals surface area (Å²) in [5.74, 6) is -11.1. The van der Waals surface area contributed by atoms with Gasteiger partial charge in [-0.15, -0.1) is 0 Å². The fourth-order valence-corrected chi connectivity index (χ4v) is 2.17. The predicted octanol–water partition coefficient (Wildman–Crippen LogP) is -1.14. The fraction of sp³-hybridized carbons (Fsp3) is 0.125. The number of carbonyl (C=O) groups excluding carboxylic acids is 3. The number of phenolic OH excluding ortho intramolecular Hbond substituents is 9. The van der Waals surface area contributed by atoms with Crippen LogP contribution in [-0.2, 0) is 16.0 Å². The van der Waals surface area contributed by atoms with Crippen molar-refractivity contribution in [2.24, 2.45) is 0 Å². The summed E-state index contributed by atoms with van der Waals surface area (Å²) in [6.45, 7) is 2.12. The van der Waals surface area contributed by atoms with Gasteiger partial charge in [0.25, 0.3) is 0 Å². The molecule has 0 atom stereocenters. The van der Waals surface area contributed by atoms with E-state index in [4.69, 9.17) is 46.0 Å². The van der Waals surface area contributed by atoms with E-state index in [1.807, 2.05) is 0 Å². The molecule has 0 fully saturated rings. The van der Waals surface area contributed by atoms with E-state index in [1.165, 1.54) is 6.42 Å². The van der Waals surface area contributed by atoms with Gasteiger partial charge in [0, 0.05) is 16.7 Å². The van der Waals surface area contributed by atoms with Crippen molar-refractivity contribution in [3.8, 4) is 51.7 Å². The Bertz CT molecular complexity index is 1120. The second kappa shape index (κ2) is 15.9. The van der Waals surface area contributed by atoms with Gasteiger partial charge in [-0.05, 0) is 36.4 Å². The van der Waals surface area contributed by atoms with E-state index in [0.717, 1.165) is 41.7 Å². The monoisotopic (exact) mass is 606 g/mol. The second-order valence-corrected chi connectivity index (χ2v) is 7.68. The largest absolute Gasteiger partial charge is 0.545 e. The quantitative estimate of drug-likeness (QED) is 0.125. The summed E-state index contributed by atoms with van der Waals surface area (Å²) in [5, 5.41) is 111. The van der Waals surface area contributed by atoms with Crippen LogP contribution < -0.4 is 15.3 Å². The van der Waals surface area contributed by atoms with E-state index in [-0.39, 0.29) is 0 Å². The zero-order valence-electron chi connectivity index (χ0n) is 20.2. The molecule has 16 heteroatoms. The molecule has 0 aliphatic carbocycles. The zero-order chi connectivity index (χ0) is 31.3. The van der Waals surface area contributed by atoms with Crippen molar-refractivity contribution in [3.63, 3.8) is 0 Å². The van der Waals surface area contributed by atoms with E-state index >= 15 is 0 Å². The van der Waals surface area contributed by atoms with Crippen molar-refractivity contribution >= 4 is 17.9 Å². The first-order valence-corrected chi connectivity index (χ1v) is 11.2. The molecule has 0 heterocycles. The topological polar surface area (TPSA) is 302 Å². The van der Waals surface area contributed by atoms with Gasteiger partial charge in [0.15, 0.2) is 51.7 Å². The molecule has 15 nitrogen and oxygen atoms in total. The van der Waals surface area contributed by atoms with Crippen LogP contribution >= 0.6 is 0 Å². The number of carbonyl (C=O) groups is 3. The summed E-state index contributed by atoms with van der Waals surface area (Å²) in [5.41, 5.74) is -1.20. The van der Waals surface area contributed by atoms with Crippen LogP contribution in [0.15, 0.2) is 36.4 Å². The summed E-state index contributed by atoms with van der Waals surface area (Å²) < 4.78 is 0. The van der Waals surface area contributed by atoms with E-state index in [0.29, 0.717) is 0 Å². The Balaban J connectivity index is 0.000000534. The van der Waals surface area contributed by atoms with Gasteiger partial charge in [0.2, 0.25) is 0 Å². The zero-order valence-corrected chi connectivity index (χ0v) is 21.3. The van der Waals surface area contributed by atoms with Gasteiger partial charge >= 0.3 is 34.7 Å². The normalized spacial score (nSPS) is 9.43. The molecule has 9 N–H and O–H groups in total. The number of phenols is 9. The van der Waals surface area contributed by atoms with Crippen LogP contribution in [0.4, 0.5) is 0 Å². The van der Waals surface area contributed by atoms with E-state index < -0.39 is 86.3 Å². The number of aromatic hydroxyl groups is 9. The summed E-state index contributed by atoms with van der Waals surface area (Å²) >= 11 is 3.60. The minimum atomic E-state index is -1.54. The SMILES string of the molecule is CC[CH2][Fe+3].O=C([O-])c1cc(O)c(O)c(O)c1.O=C([O-])c1cc(O)c(O)c(O)c1.O=C([O-])c1cc(O)c(O)c(O)c1. The molecule has 0 unspecified atom stereocenters. The third-order valence-electron chi connectivity index (χ3n) is 4.09. The van der Waals surface area contributed by atoms with Crippen molar-refractivity contribution in [2.45, 2.75) is 18.7 Å². The number of carboxylic acid groups (broad SMARTS) is 3. The molecule has 0 aliphatic heterocycles. The third kappa shape index (κ3) is 10.6. The maximum atomic E-state index is 10.2. The number of aromatic carboxylic acids is 3. The number of carboxylic acids is 3. The second-order valence-electron chi connectivity index (χ2n) is 7.13. The molecule has 216 valence electrons. The Labute approximate surface area is 233 Å². The molecule has 0 radical (unpaired) electrons. The molecule has 0 aromatic heterocycles. The van der Waals surface area contributed by atoms with Gasteiger partial charge < -0.3 is 75.7 Å². The number of benzene rings is 3. The van der Waals surface area contributed by atoms with Crippen LogP contribution in [0.3, 0.4) is 0 Å². The van der Waals surface area contributed by atoms with Crippen LogP contribution in [-0.4, -0.2) is 63.9 Å². The smallest absolute Gasteiger partial charge is 0.200 e. The average Bonchev–Trinajstić information content (AvgIpc) is 2.88. The van der Waals surface area contributed by atoms with Crippen LogP contribution in [0, 0.1) is 0 Å². The van der Waals surface area contributed by atoms with Gasteiger partial charge in [-0.25, -0.2) is 0 Å². The number of hydrogen-bond acceptors (Lipinski definition) is 15. The summed E-state index contributed by atoms with van der Waals surface area (Å²) in [4.78, 5) is 30.6. The van der Waals surface area contributed by atoms with Gasteiger partial charge in [-0.1, -0.05) is 0 Å². The molecule has 0 spiro atoms. The molecular formula is C24H22FeO15. The maximum absolute atomic E-state index is 10.2. The first kappa shape index (κ1) is 34.8.